The average molecular weight is 409 g/mol. The van der Waals surface area contributed by atoms with Crippen LogP contribution in [-0.4, -0.2) is 19.8 Å². The molecule has 6 heteroatoms. The van der Waals surface area contributed by atoms with Gasteiger partial charge in [-0.3, -0.25) is 0 Å². The minimum Gasteiger partial charge on any atom is -0.493 e. The van der Waals surface area contributed by atoms with Gasteiger partial charge in [0.05, 0.1) is 37.7 Å². The van der Waals surface area contributed by atoms with Gasteiger partial charge in [0, 0.05) is 11.8 Å². The first kappa shape index (κ1) is 20.3. The van der Waals surface area contributed by atoms with E-state index in [0.717, 1.165) is 31.2 Å². The number of methoxy groups -OCH3 is 1. The van der Waals surface area contributed by atoms with Crippen LogP contribution in [0.25, 0.3) is 11.0 Å². The highest BCUT2D eigenvalue weighted by molar-refractivity contribution is 5.95. The Morgan fingerprint density at radius 3 is 2.60 bits per heavy atom. The molecule has 0 atom stereocenters. The standard InChI is InChI=1S/C24H27NO5/c1-27-20-12-11-18-21(25)19(13-14-28-15-16-7-3-2-4-8-16)24(26)30-22(18)23(20)29-17-9-5-6-10-17/h2-4,7-8,11-12,17H,5-6,9-10,13-15,25H2,1H3. The summed E-state index contributed by atoms with van der Waals surface area (Å²) in [6.45, 7) is 0.854. The Balaban J connectivity index is 1.57. The summed E-state index contributed by atoms with van der Waals surface area (Å²) in [5.41, 5.74) is 8.16. The van der Waals surface area contributed by atoms with Gasteiger partial charge in [-0.2, -0.15) is 0 Å². The molecule has 1 heterocycles. The molecule has 2 aromatic carbocycles. The minimum absolute atomic E-state index is 0.0992. The summed E-state index contributed by atoms with van der Waals surface area (Å²) in [5, 5.41) is 0.654. The Labute approximate surface area is 175 Å². The first-order chi connectivity index (χ1) is 14.7. The first-order valence-electron chi connectivity index (χ1n) is 10.4. The number of nitrogen functional groups attached to an aromatic ring is 1. The van der Waals surface area contributed by atoms with Crippen molar-refractivity contribution in [2.45, 2.75) is 44.8 Å². The van der Waals surface area contributed by atoms with Crippen LogP contribution in [0.15, 0.2) is 51.7 Å². The molecule has 0 spiro atoms. The normalized spacial score (nSPS) is 14.3. The van der Waals surface area contributed by atoms with Gasteiger partial charge < -0.3 is 24.4 Å². The van der Waals surface area contributed by atoms with E-state index in [4.69, 9.17) is 24.4 Å². The van der Waals surface area contributed by atoms with E-state index in [-0.39, 0.29) is 6.10 Å². The number of hydrogen-bond acceptors (Lipinski definition) is 6. The van der Waals surface area contributed by atoms with Crippen molar-refractivity contribution in [3.8, 4) is 11.5 Å². The van der Waals surface area contributed by atoms with Gasteiger partial charge in [-0.25, -0.2) is 4.79 Å². The third-order valence-electron chi connectivity index (χ3n) is 5.55. The van der Waals surface area contributed by atoms with E-state index in [0.29, 0.717) is 53.4 Å². The lowest BCUT2D eigenvalue weighted by atomic mass is 10.1. The monoisotopic (exact) mass is 409 g/mol. The molecule has 2 N–H and O–H groups in total. The molecule has 0 saturated heterocycles. The molecule has 4 rings (SSSR count). The predicted molar refractivity (Wildman–Crippen MR) is 116 cm³/mol. The summed E-state index contributed by atoms with van der Waals surface area (Å²) in [6, 6.07) is 13.5. The second-order valence-corrected chi connectivity index (χ2v) is 7.57. The average Bonchev–Trinajstić information content (AvgIpc) is 3.27. The SMILES string of the molecule is COc1ccc2c(N)c(CCOCc3ccccc3)c(=O)oc2c1OC1CCCC1. The largest absolute Gasteiger partial charge is 0.493 e. The van der Waals surface area contributed by atoms with E-state index < -0.39 is 5.63 Å². The van der Waals surface area contributed by atoms with Gasteiger partial charge >= 0.3 is 5.63 Å². The van der Waals surface area contributed by atoms with Crippen molar-refractivity contribution < 1.29 is 18.6 Å². The van der Waals surface area contributed by atoms with Crippen LogP contribution < -0.4 is 20.8 Å². The van der Waals surface area contributed by atoms with Gasteiger partial charge in [-0.1, -0.05) is 30.3 Å². The van der Waals surface area contributed by atoms with Crippen LogP contribution in [0.2, 0.25) is 0 Å². The fourth-order valence-electron chi connectivity index (χ4n) is 3.91. The highest BCUT2D eigenvalue weighted by Crippen LogP contribution is 2.40. The molecule has 1 aliphatic rings. The fraction of sp³-hybridized carbons (Fsp3) is 0.375. The van der Waals surface area contributed by atoms with Crippen LogP contribution >= 0.6 is 0 Å². The number of fused-ring (bicyclic) bond motifs is 1. The number of hydrogen-bond donors (Lipinski definition) is 1. The molecule has 158 valence electrons. The first-order valence-corrected chi connectivity index (χ1v) is 10.4. The summed E-state index contributed by atoms with van der Waals surface area (Å²) in [5.74, 6) is 0.994. The molecule has 0 bridgehead atoms. The topological polar surface area (TPSA) is 83.9 Å². The maximum absolute atomic E-state index is 12.7. The fourth-order valence-corrected chi connectivity index (χ4v) is 3.91. The molecule has 1 fully saturated rings. The van der Waals surface area contributed by atoms with E-state index in [9.17, 15) is 4.79 Å². The van der Waals surface area contributed by atoms with Gasteiger partial charge in [0.2, 0.25) is 5.75 Å². The predicted octanol–water partition coefficient (Wildman–Crippen LogP) is 4.46. The molecule has 0 unspecified atom stereocenters. The molecule has 3 aromatic rings. The summed E-state index contributed by atoms with van der Waals surface area (Å²) in [4.78, 5) is 12.7. The lowest BCUT2D eigenvalue weighted by molar-refractivity contribution is 0.123. The van der Waals surface area contributed by atoms with E-state index in [2.05, 4.69) is 0 Å². The molecular formula is C24H27NO5. The van der Waals surface area contributed by atoms with Gasteiger partial charge in [-0.05, 0) is 43.4 Å². The minimum atomic E-state index is -0.465. The zero-order valence-corrected chi connectivity index (χ0v) is 17.2. The lowest BCUT2D eigenvalue weighted by Crippen LogP contribution is -2.16. The number of anilines is 1. The van der Waals surface area contributed by atoms with E-state index >= 15 is 0 Å². The molecule has 30 heavy (non-hydrogen) atoms. The molecule has 0 radical (unpaired) electrons. The van der Waals surface area contributed by atoms with Crippen LogP contribution in [0.3, 0.4) is 0 Å². The quantitative estimate of drug-likeness (QED) is 0.437. The van der Waals surface area contributed by atoms with Gasteiger partial charge in [0.15, 0.2) is 11.3 Å². The summed E-state index contributed by atoms with van der Waals surface area (Å²) < 4.78 is 23.0. The van der Waals surface area contributed by atoms with Gasteiger partial charge in [0.1, 0.15) is 0 Å². The highest BCUT2D eigenvalue weighted by Gasteiger charge is 2.23. The molecule has 0 aliphatic heterocycles. The number of rotatable bonds is 8. The van der Waals surface area contributed by atoms with Gasteiger partial charge in [0.25, 0.3) is 0 Å². The zero-order valence-electron chi connectivity index (χ0n) is 17.2. The molecule has 1 aliphatic carbocycles. The summed E-state index contributed by atoms with van der Waals surface area (Å²) in [7, 11) is 1.57. The zero-order chi connectivity index (χ0) is 20.9. The Morgan fingerprint density at radius 2 is 1.87 bits per heavy atom. The lowest BCUT2D eigenvalue weighted by Gasteiger charge is -2.18. The third-order valence-corrected chi connectivity index (χ3v) is 5.55. The molecule has 1 saturated carbocycles. The number of ether oxygens (including phenoxy) is 3. The Morgan fingerprint density at radius 1 is 1.10 bits per heavy atom. The second kappa shape index (κ2) is 9.22. The summed E-state index contributed by atoms with van der Waals surface area (Å²) in [6.07, 6.45) is 4.71. The van der Waals surface area contributed by atoms with E-state index in [1.807, 2.05) is 36.4 Å². The molecular weight excluding hydrogens is 382 g/mol. The van der Waals surface area contributed by atoms with Crippen molar-refractivity contribution in [1.82, 2.24) is 0 Å². The maximum Gasteiger partial charge on any atom is 0.341 e. The van der Waals surface area contributed by atoms with Crippen LogP contribution in [0, 0.1) is 0 Å². The number of benzene rings is 2. The van der Waals surface area contributed by atoms with E-state index in [1.165, 1.54) is 0 Å². The maximum atomic E-state index is 12.7. The van der Waals surface area contributed by atoms with Crippen molar-refractivity contribution in [3.63, 3.8) is 0 Å². The molecule has 0 amide bonds. The third kappa shape index (κ3) is 4.28. The smallest absolute Gasteiger partial charge is 0.341 e. The van der Waals surface area contributed by atoms with Crippen molar-refractivity contribution >= 4 is 16.7 Å². The van der Waals surface area contributed by atoms with Crippen molar-refractivity contribution in [1.29, 1.82) is 0 Å². The van der Waals surface area contributed by atoms with Crippen LogP contribution in [0.4, 0.5) is 5.69 Å². The molecule has 1 aromatic heterocycles. The Hall–Kier alpha value is -2.99. The van der Waals surface area contributed by atoms with Crippen molar-refractivity contribution in [2.24, 2.45) is 0 Å². The highest BCUT2D eigenvalue weighted by atomic mass is 16.5. The van der Waals surface area contributed by atoms with Crippen molar-refractivity contribution in [2.75, 3.05) is 19.5 Å². The Kier molecular flexibility index (Phi) is 6.23. The van der Waals surface area contributed by atoms with Crippen LogP contribution in [0.1, 0.15) is 36.8 Å². The van der Waals surface area contributed by atoms with Crippen LogP contribution in [0.5, 0.6) is 11.5 Å². The molecule has 6 nitrogen and oxygen atoms in total. The second-order valence-electron chi connectivity index (χ2n) is 7.57. The number of nitrogens with two attached hydrogens (primary N) is 1. The Bertz CT molecular complexity index is 1050. The van der Waals surface area contributed by atoms with E-state index in [1.54, 1.807) is 13.2 Å². The van der Waals surface area contributed by atoms with Crippen LogP contribution in [-0.2, 0) is 17.8 Å². The van der Waals surface area contributed by atoms with Crippen molar-refractivity contribution in [3.05, 3.63) is 64.0 Å². The summed E-state index contributed by atoms with van der Waals surface area (Å²) >= 11 is 0. The van der Waals surface area contributed by atoms with Gasteiger partial charge in [-0.15, -0.1) is 0 Å².